The van der Waals surface area contributed by atoms with Gasteiger partial charge in [0.2, 0.25) is 0 Å². The van der Waals surface area contributed by atoms with Gasteiger partial charge in [-0.1, -0.05) is 15.9 Å². The number of hydrogen-bond donors (Lipinski definition) is 1. The molecular weight excluding hydrogens is 314 g/mol. The van der Waals surface area contributed by atoms with Gasteiger partial charge in [-0.05, 0) is 35.9 Å². The van der Waals surface area contributed by atoms with Gasteiger partial charge >= 0.3 is 0 Å². The highest BCUT2D eigenvalue weighted by Gasteiger charge is 2.04. The molecule has 96 valence electrons. The molecule has 0 fully saturated rings. The number of nitriles is 1. The molecule has 0 aliphatic carbocycles. The monoisotopic (exact) mass is 322 g/mol. The minimum absolute atomic E-state index is 0.241. The molecule has 0 bridgehead atoms. The first-order valence-corrected chi connectivity index (χ1v) is 6.26. The van der Waals surface area contributed by atoms with Crippen LogP contribution in [0.2, 0.25) is 0 Å². The van der Waals surface area contributed by atoms with E-state index in [1.54, 1.807) is 18.2 Å². The molecule has 2 aromatic rings. The van der Waals surface area contributed by atoms with Crippen molar-refractivity contribution in [3.63, 3.8) is 0 Å². The first-order valence-electron chi connectivity index (χ1n) is 5.47. The first-order chi connectivity index (χ1) is 9.08. The normalized spacial score (nSPS) is 10.0. The van der Waals surface area contributed by atoms with Crippen LogP contribution >= 0.6 is 15.9 Å². The van der Waals surface area contributed by atoms with Gasteiger partial charge in [-0.15, -0.1) is 0 Å². The Labute approximate surface area is 117 Å². The molecule has 1 N–H and O–H groups in total. The fourth-order valence-corrected chi connectivity index (χ4v) is 2.03. The molecular formula is C14H9BrF2N2. The van der Waals surface area contributed by atoms with E-state index >= 15 is 0 Å². The summed E-state index contributed by atoms with van der Waals surface area (Å²) in [6.45, 7) is 0.241. The lowest BCUT2D eigenvalue weighted by molar-refractivity contribution is 0.580. The van der Waals surface area contributed by atoms with Crippen LogP contribution in [0.15, 0.2) is 40.9 Å². The number of nitrogens with zero attached hydrogens (tertiary/aromatic N) is 1. The molecule has 0 aliphatic rings. The Hall–Kier alpha value is -1.93. The molecule has 0 saturated carbocycles. The van der Waals surface area contributed by atoms with Crippen molar-refractivity contribution in [1.29, 1.82) is 5.26 Å². The molecule has 0 unspecified atom stereocenters. The van der Waals surface area contributed by atoms with Crippen molar-refractivity contribution in [1.82, 2.24) is 0 Å². The fraction of sp³-hybridized carbons (Fsp3) is 0.0714. The second-order valence-electron chi connectivity index (χ2n) is 3.93. The summed E-state index contributed by atoms with van der Waals surface area (Å²) in [4.78, 5) is 0. The predicted octanol–water partition coefficient (Wildman–Crippen LogP) is 4.21. The van der Waals surface area contributed by atoms with Gasteiger partial charge in [-0.2, -0.15) is 5.26 Å². The third-order valence-electron chi connectivity index (χ3n) is 2.51. The molecule has 0 aliphatic heterocycles. The number of anilines is 1. The van der Waals surface area contributed by atoms with Gasteiger partial charge in [0.15, 0.2) is 0 Å². The van der Waals surface area contributed by atoms with Crippen LogP contribution in [0.3, 0.4) is 0 Å². The topological polar surface area (TPSA) is 35.8 Å². The van der Waals surface area contributed by atoms with E-state index in [9.17, 15) is 8.78 Å². The van der Waals surface area contributed by atoms with Crippen LogP contribution in [0.1, 0.15) is 11.1 Å². The molecule has 0 radical (unpaired) electrons. The lowest BCUT2D eigenvalue weighted by atomic mass is 10.1. The third-order valence-corrected chi connectivity index (χ3v) is 3.00. The average Bonchev–Trinajstić information content (AvgIpc) is 2.36. The summed E-state index contributed by atoms with van der Waals surface area (Å²) < 4.78 is 26.8. The first kappa shape index (κ1) is 13.5. The SMILES string of the molecule is N#Cc1cc(Br)ccc1NCc1cc(F)cc(F)c1. The number of benzene rings is 2. The van der Waals surface area contributed by atoms with E-state index in [1.165, 1.54) is 12.1 Å². The van der Waals surface area contributed by atoms with Crippen molar-refractivity contribution in [3.8, 4) is 6.07 Å². The summed E-state index contributed by atoms with van der Waals surface area (Å²) in [7, 11) is 0. The van der Waals surface area contributed by atoms with Gasteiger partial charge in [0.1, 0.15) is 17.7 Å². The maximum absolute atomic E-state index is 13.0. The zero-order valence-electron chi connectivity index (χ0n) is 9.75. The molecule has 2 rings (SSSR count). The van der Waals surface area contributed by atoms with Gasteiger partial charge in [-0.3, -0.25) is 0 Å². The molecule has 5 heteroatoms. The van der Waals surface area contributed by atoms with E-state index in [0.717, 1.165) is 10.5 Å². The maximum atomic E-state index is 13.0. The van der Waals surface area contributed by atoms with Gasteiger partial charge in [0.05, 0.1) is 11.3 Å². The van der Waals surface area contributed by atoms with Crippen molar-refractivity contribution < 1.29 is 8.78 Å². The predicted molar refractivity (Wildman–Crippen MR) is 72.5 cm³/mol. The summed E-state index contributed by atoms with van der Waals surface area (Å²) in [5.74, 6) is -1.23. The highest BCUT2D eigenvalue weighted by molar-refractivity contribution is 9.10. The maximum Gasteiger partial charge on any atom is 0.126 e. The van der Waals surface area contributed by atoms with Crippen LogP contribution < -0.4 is 5.32 Å². The van der Waals surface area contributed by atoms with Crippen LogP contribution in [-0.4, -0.2) is 0 Å². The van der Waals surface area contributed by atoms with Crippen LogP contribution in [0, 0.1) is 23.0 Å². The van der Waals surface area contributed by atoms with Crippen LogP contribution in [0.5, 0.6) is 0 Å². The van der Waals surface area contributed by atoms with Crippen molar-refractivity contribution >= 4 is 21.6 Å². The Morgan fingerprint density at radius 3 is 2.42 bits per heavy atom. The smallest absolute Gasteiger partial charge is 0.126 e. The van der Waals surface area contributed by atoms with Gasteiger partial charge in [0.25, 0.3) is 0 Å². The molecule has 0 saturated heterocycles. The van der Waals surface area contributed by atoms with Gasteiger partial charge in [0, 0.05) is 17.1 Å². The Morgan fingerprint density at radius 1 is 1.11 bits per heavy atom. The summed E-state index contributed by atoms with van der Waals surface area (Å²) in [6.07, 6.45) is 0. The lowest BCUT2D eigenvalue weighted by Crippen LogP contribution is -2.02. The lowest BCUT2D eigenvalue weighted by Gasteiger charge is -2.09. The average molecular weight is 323 g/mol. The zero-order chi connectivity index (χ0) is 13.8. The molecule has 0 atom stereocenters. The van der Waals surface area contributed by atoms with E-state index < -0.39 is 11.6 Å². The van der Waals surface area contributed by atoms with Crippen molar-refractivity contribution in [2.45, 2.75) is 6.54 Å². The largest absolute Gasteiger partial charge is 0.380 e. The highest BCUT2D eigenvalue weighted by Crippen LogP contribution is 2.21. The second kappa shape index (κ2) is 5.81. The fourth-order valence-electron chi connectivity index (χ4n) is 1.67. The van der Waals surface area contributed by atoms with Crippen molar-refractivity contribution in [2.24, 2.45) is 0 Å². The van der Waals surface area contributed by atoms with E-state index in [-0.39, 0.29) is 6.54 Å². The minimum Gasteiger partial charge on any atom is -0.380 e. The Balaban J connectivity index is 2.17. The van der Waals surface area contributed by atoms with Crippen molar-refractivity contribution in [2.75, 3.05) is 5.32 Å². The second-order valence-corrected chi connectivity index (χ2v) is 4.85. The standard InChI is InChI=1S/C14H9BrF2N2/c15-11-1-2-14(10(5-11)7-18)19-8-9-3-12(16)6-13(17)4-9/h1-6,19H,8H2. The summed E-state index contributed by atoms with van der Waals surface area (Å²) >= 11 is 3.27. The zero-order valence-corrected chi connectivity index (χ0v) is 11.3. The molecule has 0 heterocycles. The van der Waals surface area contributed by atoms with Gasteiger partial charge < -0.3 is 5.32 Å². The summed E-state index contributed by atoms with van der Waals surface area (Å²) in [5, 5.41) is 12.0. The molecule has 2 nitrogen and oxygen atoms in total. The highest BCUT2D eigenvalue weighted by atomic mass is 79.9. The van der Waals surface area contributed by atoms with Crippen LogP contribution in [-0.2, 0) is 6.54 Å². The molecule has 0 aromatic heterocycles. The van der Waals surface area contributed by atoms with E-state index in [4.69, 9.17) is 5.26 Å². The quantitative estimate of drug-likeness (QED) is 0.918. The Kier molecular flexibility index (Phi) is 4.13. The minimum atomic E-state index is -0.617. The number of hydrogen-bond acceptors (Lipinski definition) is 2. The summed E-state index contributed by atoms with van der Waals surface area (Å²) in [5.41, 5.74) is 1.56. The Bertz CT molecular complexity index is 630. The number of halogens is 3. The third kappa shape index (κ3) is 3.52. The molecule has 19 heavy (non-hydrogen) atoms. The van der Waals surface area contributed by atoms with Gasteiger partial charge in [-0.25, -0.2) is 8.78 Å². The Morgan fingerprint density at radius 2 is 1.79 bits per heavy atom. The van der Waals surface area contributed by atoms with E-state index in [1.807, 2.05) is 0 Å². The number of nitrogens with one attached hydrogen (secondary N) is 1. The van der Waals surface area contributed by atoms with Crippen LogP contribution in [0.4, 0.5) is 14.5 Å². The van der Waals surface area contributed by atoms with Crippen LogP contribution in [0.25, 0.3) is 0 Å². The molecule has 2 aromatic carbocycles. The molecule has 0 amide bonds. The summed E-state index contributed by atoms with van der Waals surface area (Å²) in [6, 6.07) is 10.6. The van der Waals surface area contributed by atoms with Crippen molar-refractivity contribution in [3.05, 3.63) is 63.6 Å². The molecule has 0 spiro atoms. The van der Waals surface area contributed by atoms with E-state index in [2.05, 4.69) is 27.3 Å². The van der Waals surface area contributed by atoms with E-state index in [0.29, 0.717) is 16.8 Å². The number of rotatable bonds is 3.